The third-order valence-corrected chi connectivity index (χ3v) is 2.59. The molecule has 2 N–H and O–H groups in total. The highest BCUT2D eigenvalue weighted by Crippen LogP contribution is 2.12. The van der Waals surface area contributed by atoms with Crippen LogP contribution in [-0.2, 0) is 11.3 Å². The molecule has 0 saturated carbocycles. The van der Waals surface area contributed by atoms with Crippen molar-refractivity contribution in [3.05, 3.63) is 41.6 Å². The van der Waals surface area contributed by atoms with Crippen LogP contribution in [0.25, 0.3) is 0 Å². The highest BCUT2D eigenvalue weighted by atomic mass is 16.5. The summed E-state index contributed by atoms with van der Waals surface area (Å²) in [5.74, 6) is 0.418. The van der Waals surface area contributed by atoms with E-state index < -0.39 is 0 Å². The van der Waals surface area contributed by atoms with Crippen molar-refractivity contribution in [2.45, 2.75) is 19.9 Å². The molecular formula is C15H19N3O2. The van der Waals surface area contributed by atoms with Gasteiger partial charge in [0.1, 0.15) is 17.4 Å². The van der Waals surface area contributed by atoms with Gasteiger partial charge in [-0.15, -0.1) is 0 Å². The van der Waals surface area contributed by atoms with Crippen LogP contribution in [0.1, 0.15) is 18.9 Å². The Kier molecular flexibility index (Phi) is 6.69. The number of carbonyl (C=O) groups is 1. The molecule has 0 unspecified atom stereocenters. The normalized spacial score (nSPS) is 10.6. The lowest BCUT2D eigenvalue weighted by molar-refractivity contribution is -0.117. The number of amides is 1. The molecule has 0 atom stereocenters. The van der Waals surface area contributed by atoms with Crippen LogP contribution in [0.4, 0.5) is 0 Å². The lowest BCUT2D eigenvalue weighted by Gasteiger charge is -2.05. The molecular weight excluding hydrogens is 254 g/mol. The summed E-state index contributed by atoms with van der Waals surface area (Å²) in [6, 6.07) is 9.46. The number of nitrogens with one attached hydrogen (secondary N) is 2. The maximum absolute atomic E-state index is 11.6. The molecule has 1 amide bonds. The van der Waals surface area contributed by atoms with Crippen molar-refractivity contribution in [2.75, 3.05) is 13.7 Å². The topological polar surface area (TPSA) is 74.2 Å². The van der Waals surface area contributed by atoms with E-state index in [0.717, 1.165) is 17.7 Å². The fourth-order valence-electron chi connectivity index (χ4n) is 1.54. The molecule has 0 spiro atoms. The number of benzene rings is 1. The average molecular weight is 273 g/mol. The van der Waals surface area contributed by atoms with Gasteiger partial charge in [-0.05, 0) is 24.1 Å². The van der Waals surface area contributed by atoms with Gasteiger partial charge in [-0.2, -0.15) is 5.26 Å². The molecule has 20 heavy (non-hydrogen) atoms. The molecule has 0 bridgehead atoms. The molecule has 5 heteroatoms. The van der Waals surface area contributed by atoms with Gasteiger partial charge in [0.15, 0.2) is 0 Å². The first kappa shape index (κ1) is 15.6. The fraction of sp³-hybridized carbons (Fsp3) is 0.333. The standard InChI is InChI=1S/C15H19N3O2/c1-3-7-18-15(19)13(9-16)11-17-10-12-5-4-6-14(8-12)20-2/h4-6,8,11,17H,3,7,10H2,1-2H3,(H,18,19)/b13-11-. The fourth-order valence-corrected chi connectivity index (χ4v) is 1.54. The summed E-state index contributed by atoms with van der Waals surface area (Å²) in [7, 11) is 1.61. The molecule has 0 heterocycles. The first-order chi connectivity index (χ1) is 9.71. The molecule has 0 fully saturated rings. The van der Waals surface area contributed by atoms with Crippen LogP contribution in [-0.4, -0.2) is 19.6 Å². The maximum atomic E-state index is 11.6. The number of methoxy groups -OCH3 is 1. The summed E-state index contributed by atoms with van der Waals surface area (Å²) in [5.41, 5.74) is 1.08. The van der Waals surface area contributed by atoms with Gasteiger partial charge in [0.2, 0.25) is 0 Å². The van der Waals surface area contributed by atoms with Crippen molar-refractivity contribution in [1.82, 2.24) is 10.6 Å². The minimum Gasteiger partial charge on any atom is -0.497 e. The van der Waals surface area contributed by atoms with E-state index in [2.05, 4.69) is 10.6 Å². The van der Waals surface area contributed by atoms with Gasteiger partial charge in [-0.1, -0.05) is 19.1 Å². The SMILES string of the molecule is CCCNC(=O)/C(C#N)=C\NCc1cccc(OC)c1. The van der Waals surface area contributed by atoms with Gasteiger partial charge in [0.25, 0.3) is 5.91 Å². The summed E-state index contributed by atoms with van der Waals surface area (Å²) in [6.07, 6.45) is 2.27. The quantitative estimate of drug-likeness (QED) is 0.586. The van der Waals surface area contributed by atoms with Crippen LogP contribution >= 0.6 is 0 Å². The number of hydrogen-bond acceptors (Lipinski definition) is 4. The van der Waals surface area contributed by atoms with E-state index in [1.807, 2.05) is 37.3 Å². The molecule has 0 aliphatic rings. The van der Waals surface area contributed by atoms with Gasteiger partial charge in [0.05, 0.1) is 7.11 Å². The van der Waals surface area contributed by atoms with Crippen LogP contribution in [0, 0.1) is 11.3 Å². The minimum absolute atomic E-state index is 0.0707. The Bertz CT molecular complexity index is 518. The summed E-state index contributed by atoms with van der Waals surface area (Å²) in [6.45, 7) is 3.04. The number of carbonyl (C=O) groups excluding carboxylic acids is 1. The van der Waals surface area contributed by atoms with Crippen LogP contribution in [0.5, 0.6) is 5.75 Å². The zero-order valence-electron chi connectivity index (χ0n) is 11.8. The average Bonchev–Trinajstić information content (AvgIpc) is 2.49. The van der Waals surface area contributed by atoms with Crippen LogP contribution in [0.3, 0.4) is 0 Å². The van der Waals surface area contributed by atoms with Crippen LogP contribution in [0.2, 0.25) is 0 Å². The molecule has 0 aliphatic carbocycles. The van der Waals surface area contributed by atoms with Gasteiger partial charge in [-0.25, -0.2) is 0 Å². The summed E-state index contributed by atoms with van der Waals surface area (Å²) >= 11 is 0. The Morgan fingerprint density at radius 3 is 2.95 bits per heavy atom. The van der Waals surface area contributed by atoms with Gasteiger partial charge in [0, 0.05) is 19.3 Å². The molecule has 106 valence electrons. The molecule has 1 rings (SSSR count). The molecule has 0 saturated heterocycles. The highest BCUT2D eigenvalue weighted by molar-refractivity contribution is 5.97. The monoisotopic (exact) mass is 273 g/mol. The van der Waals surface area contributed by atoms with Crippen molar-refractivity contribution in [2.24, 2.45) is 0 Å². The van der Waals surface area contributed by atoms with E-state index >= 15 is 0 Å². The van der Waals surface area contributed by atoms with Gasteiger partial charge >= 0.3 is 0 Å². The Hall–Kier alpha value is -2.48. The maximum Gasteiger partial charge on any atom is 0.263 e. The molecule has 1 aromatic carbocycles. The minimum atomic E-state index is -0.354. The third kappa shape index (κ3) is 5.02. The van der Waals surface area contributed by atoms with E-state index in [9.17, 15) is 4.79 Å². The van der Waals surface area contributed by atoms with Crippen molar-refractivity contribution >= 4 is 5.91 Å². The highest BCUT2D eigenvalue weighted by Gasteiger charge is 2.06. The molecule has 0 aromatic heterocycles. The molecule has 0 aliphatic heterocycles. The first-order valence-corrected chi connectivity index (χ1v) is 6.46. The van der Waals surface area contributed by atoms with Crippen molar-refractivity contribution in [3.8, 4) is 11.8 Å². The predicted molar refractivity (Wildman–Crippen MR) is 76.8 cm³/mol. The lowest BCUT2D eigenvalue weighted by Crippen LogP contribution is -2.26. The molecule has 0 radical (unpaired) electrons. The smallest absolute Gasteiger partial charge is 0.263 e. The number of ether oxygens (including phenoxy) is 1. The summed E-state index contributed by atoms with van der Waals surface area (Å²) in [4.78, 5) is 11.6. The van der Waals surface area contributed by atoms with Gasteiger partial charge in [-0.3, -0.25) is 4.79 Å². The van der Waals surface area contributed by atoms with Crippen molar-refractivity contribution in [3.63, 3.8) is 0 Å². The van der Waals surface area contributed by atoms with Crippen molar-refractivity contribution < 1.29 is 9.53 Å². The number of nitrogens with zero attached hydrogens (tertiary/aromatic N) is 1. The van der Waals surface area contributed by atoms with E-state index in [1.165, 1.54) is 6.20 Å². The van der Waals surface area contributed by atoms with E-state index in [-0.39, 0.29) is 11.5 Å². The Labute approximate surface area is 119 Å². The van der Waals surface area contributed by atoms with Crippen LogP contribution in [0.15, 0.2) is 36.0 Å². The predicted octanol–water partition coefficient (Wildman–Crippen LogP) is 1.72. The summed E-state index contributed by atoms with van der Waals surface area (Å²) < 4.78 is 5.13. The second-order valence-corrected chi connectivity index (χ2v) is 4.16. The first-order valence-electron chi connectivity index (χ1n) is 6.46. The van der Waals surface area contributed by atoms with E-state index in [4.69, 9.17) is 10.00 Å². The number of nitriles is 1. The van der Waals surface area contributed by atoms with E-state index in [1.54, 1.807) is 7.11 Å². The zero-order chi connectivity index (χ0) is 14.8. The molecule has 1 aromatic rings. The number of hydrogen-bond donors (Lipinski definition) is 2. The zero-order valence-corrected chi connectivity index (χ0v) is 11.8. The Balaban J connectivity index is 2.57. The third-order valence-electron chi connectivity index (χ3n) is 2.59. The lowest BCUT2D eigenvalue weighted by atomic mass is 10.2. The molecule has 5 nitrogen and oxygen atoms in total. The van der Waals surface area contributed by atoms with Crippen LogP contribution < -0.4 is 15.4 Å². The summed E-state index contributed by atoms with van der Waals surface area (Å²) in [5, 5.41) is 14.6. The Morgan fingerprint density at radius 2 is 2.30 bits per heavy atom. The van der Waals surface area contributed by atoms with Gasteiger partial charge < -0.3 is 15.4 Å². The Morgan fingerprint density at radius 1 is 1.50 bits per heavy atom. The second kappa shape index (κ2) is 8.59. The number of rotatable bonds is 7. The van der Waals surface area contributed by atoms with Crippen molar-refractivity contribution in [1.29, 1.82) is 5.26 Å². The van der Waals surface area contributed by atoms with E-state index in [0.29, 0.717) is 13.1 Å². The largest absolute Gasteiger partial charge is 0.497 e. The second-order valence-electron chi connectivity index (χ2n) is 4.16.